The molecule has 1 aromatic carbocycles. The fourth-order valence-electron chi connectivity index (χ4n) is 2.05. The smallest absolute Gasteiger partial charge is 0.329 e. The summed E-state index contributed by atoms with van der Waals surface area (Å²) >= 11 is 0. The highest BCUT2D eigenvalue weighted by atomic mass is 19.2. The maximum Gasteiger partial charge on any atom is 0.329 e. The van der Waals surface area contributed by atoms with Crippen molar-refractivity contribution in [3.05, 3.63) is 29.1 Å². The molecule has 1 aliphatic carbocycles. The molecule has 1 amide bonds. The number of hydrogen-bond donors (Lipinski definition) is 3. The average molecular weight is 303 g/mol. The lowest BCUT2D eigenvalue weighted by atomic mass is 9.95. The Morgan fingerprint density at radius 1 is 1.29 bits per heavy atom. The van der Waals surface area contributed by atoms with E-state index in [1.54, 1.807) is 0 Å². The number of carbonyl (C=O) groups excluding carboxylic acids is 1. The SMILES string of the molecule is CC(NC(=O)c1cc(F)c(F)c(O)c1F)(C(=O)O)C1CC1. The van der Waals surface area contributed by atoms with Crippen LogP contribution in [0.25, 0.3) is 0 Å². The van der Waals surface area contributed by atoms with E-state index in [0.717, 1.165) is 0 Å². The summed E-state index contributed by atoms with van der Waals surface area (Å²) in [5.74, 6) is -9.56. The number of rotatable bonds is 4. The molecule has 2 rings (SSSR count). The fourth-order valence-corrected chi connectivity index (χ4v) is 2.05. The Morgan fingerprint density at radius 2 is 1.86 bits per heavy atom. The summed E-state index contributed by atoms with van der Waals surface area (Å²) in [4.78, 5) is 23.2. The lowest BCUT2D eigenvalue weighted by Gasteiger charge is -2.26. The standard InChI is InChI=1S/C13H12F3NO4/c1-13(12(20)21,5-2-3-5)17-11(19)6-4-7(14)9(16)10(18)8(6)15/h4-5,18H,2-3H2,1H3,(H,17,19)(H,20,21). The number of carboxylic acid groups (broad SMARTS) is 1. The molecule has 5 nitrogen and oxygen atoms in total. The minimum Gasteiger partial charge on any atom is -0.503 e. The zero-order valence-electron chi connectivity index (χ0n) is 10.9. The van der Waals surface area contributed by atoms with Gasteiger partial charge in [-0.15, -0.1) is 0 Å². The number of carboxylic acids is 1. The van der Waals surface area contributed by atoms with Crippen LogP contribution < -0.4 is 5.32 Å². The van der Waals surface area contributed by atoms with Gasteiger partial charge in [0.1, 0.15) is 5.54 Å². The normalized spacial score (nSPS) is 17.1. The van der Waals surface area contributed by atoms with E-state index in [-0.39, 0.29) is 12.0 Å². The molecule has 1 unspecified atom stereocenters. The van der Waals surface area contributed by atoms with Crippen LogP contribution in [0.2, 0.25) is 0 Å². The number of aliphatic carboxylic acids is 1. The van der Waals surface area contributed by atoms with Gasteiger partial charge in [-0.05, 0) is 31.7 Å². The molecular weight excluding hydrogens is 291 g/mol. The highest BCUT2D eigenvalue weighted by Crippen LogP contribution is 2.40. The van der Waals surface area contributed by atoms with Gasteiger partial charge in [0, 0.05) is 0 Å². The number of halogens is 3. The summed E-state index contributed by atoms with van der Waals surface area (Å²) in [7, 11) is 0. The van der Waals surface area contributed by atoms with Crippen LogP contribution in [0, 0.1) is 23.4 Å². The Bertz CT molecular complexity index is 630. The molecule has 1 aliphatic rings. The summed E-state index contributed by atoms with van der Waals surface area (Å²) in [6.45, 7) is 1.25. The van der Waals surface area contributed by atoms with E-state index in [1.165, 1.54) is 6.92 Å². The number of phenols is 1. The highest BCUT2D eigenvalue weighted by Gasteiger charge is 2.49. The van der Waals surface area contributed by atoms with Crippen molar-refractivity contribution in [2.45, 2.75) is 25.3 Å². The molecule has 1 aromatic rings. The van der Waals surface area contributed by atoms with Crippen molar-refractivity contribution in [1.82, 2.24) is 5.32 Å². The second kappa shape index (κ2) is 4.94. The Labute approximate surface area is 117 Å². The Kier molecular flexibility index (Phi) is 3.56. The number of nitrogens with one attached hydrogen (secondary N) is 1. The van der Waals surface area contributed by atoms with Gasteiger partial charge >= 0.3 is 5.97 Å². The number of benzene rings is 1. The summed E-state index contributed by atoms with van der Waals surface area (Å²) < 4.78 is 39.7. The largest absolute Gasteiger partial charge is 0.503 e. The zero-order valence-corrected chi connectivity index (χ0v) is 10.9. The highest BCUT2D eigenvalue weighted by molar-refractivity contribution is 5.98. The number of carbonyl (C=O) groups is 2. The van der Waals surface area contributed by atoms with E-state index in [2.05, 4.69) is 5.32 Å². The molecule has 3 N–H and O–H groups in total. The first kappa shape index (κ1) is 15.1. The minimum absolute atomic E-state index is 0.273. The van der Waals surface area contributed by atoms with Crippen molar-refractivity contribution < 1.29 is 33.0 Å². The first-order valence-corrected chi connectivity index (χ1v) is 6.10. The zero-order chi connectivity index (χ0) is 15.9. The second-order valence-corrected chi connectivity index (χ2v) is 5.12. The molecule has 21 heavy (non-hydrogen) atoms. The van der Waals surface area contributed by atoms with E-state index in [1.807, 2.05) is 0 Å². The Balaban J connectivity index is 2.35. The first-order valence-electron chi connectivity index (χ1n) is 6.10. The summed E-state index contributed by atoms with van der Waals surface area (Å²) in [6.07, 6.45) is 1.16. The van der Waals surface area contributed by atoms with Gasteiger partial charge in [-0.3, -0.25) is 4.79 Å². The Hall–Kier alpha value is -2.25. The molecule has 0 radical (unpaired) electrons. The molecule has 0 saturated heterocycles. The van der Waals surface area contributed by atoms with Crippen molar-refractivity contribution in [2.24, 2.45) is 5.92 Å². The van der Waals surface area contributed by atoms with Gasteiger partial charge in [0.05, 0.1) is 5.56 Å². The second-order valence-electron chi connectivity index (χ2n) is 5.12. The van der Waals surface area contributed by atoms with Crippen LogP contribution in [0.15, 0.2) is 6.07 Å². The third kappa shape index (κ3) is 2.53. The quantitative estimate of drug-likeness (QED) is 0.740. The Morgan fingerprint density at radius 3 is 2.33 bits per heavy atom. The van der Waals surface area contributed by atoms with Crippen molar-refractivity contribution in [2.75, 3.05) is 0 Å². The maximum absolute atomic E-state index is 13.6. The van der Waals surface area contributed by atoms with Gasteiger partial charge in [-0.1, -0.05) is 0 Å². The molecule has 0 heterocycles. The van der Waals surface area contributed by atoms with Crippen LogP contribution >= 0.6 is 0 Å². The number of aromatic hydroxyl groups is 1. The van der Waals surface area contributed by atoms with E-state index in [9.17, 15) is 22.8 Å². The van der Waals surface area contributed by atoms with Crippen molar-refractivity contribution in [3.63, 3.8) is 0 Å². The molecule has 8 heteroatoms. The van der Waals surface area contributed by atoms with Gasteiger partial charge in [0.25, 0.3) is 5.91 Å². The van der Waals surface area contributed by atoms with Crippen LogP contribution in [0.4, 0.5) is 13.2 Å². The predicted molar refractivity (Wildman–Crippen MR) is 64.2 cm³/mol. The van der Waals surface area contributed by atoms with Gasteiger partial charge < -0.3 is 15.5 Å². The molecule has 0 aliphatic heterocycles. The summed E-state index contributed by atoms with van der Waals surface area (Å²) in [6, 6.07) is 0.273. The van der Waals surface area contributed by atoms with E-state index >= 15 is 0 Å². The molecule has 1 saturated carbocycles. The van der Waals surface area contributed by atoms with E-state index in [4.69, 9.17) is 10.2 Å². The van der Waals surface area contributed by atoms with Crippen molar-refractivity contribution >= 4 is 11.9 Å². The molecule has 1 atom stereocenters. The molecule has 0 aromatic heterocycles. The predicted octanol–water partition coefficient (Wildman–Crippen LogP) is 1.79. The van der Waals surface area contributed by atoms with E-state index < -0.39 is 46.2 Å². The summed E-state index contributed by atoms with van der Waals surface area (Å²) in [5.41, 5.74) is -2.59. The molecule has 1 fully saturated rings. The van der Waals surface area contributed by atoms with Gasteiger partial charge in [-0.2, -0.15) is 4.39 Å². The van der Waals surface area contributed by atoms with Gasteiger partial charge in [0.2, 0.25) is 5.82 Å². The summed E-state index contributed by atoms with van der Waals surface area (Å²) in [5, 5.41) is 20.3. The van der Waals surface area contributed by atoms with Gasteiger partial charge in [0.15, 0.2) is 17.4 Å². The average Bonchev–Trinajstić information content (AvgIpc) is 3.24. The number of phenolic OH excluding ortho intramolecular Hbond substituents is 1. The number of amides is 1. The minimum atomic E-state index is -1.81. The molecule has 0 spiro atoms. The third-order valence-electron chi connectivity index (χ3n) is 3.59. The fraction of sp³-hybridized carbons (Fsp3) is 0.385. The molecular formula is C13H12F3NO4. The third-order valence-corrected chi connectivity index (χ3v) is 3.59. The molecule has 114 valence electrons. The number of hydrogen-bond acceptors (Lipinski definition) is 3. The lowest BCUT2D eigenvalue weighted by molar-refractivity contribution is -0.144. The maximum atomic E-state index is 13.6. The van der Waals surface area contributed by atoms with Crippen molar-refractivity contribution in [1.29, 1.82) is 0 Å². The van der Waals surface area contributed by atoms with Crippen LogP contribution in [-0.4, -0.2) is 27.6 Å². The van der Waals surface area contributed by atoms with Crippen LogP contribution in [0.5, 0.6) is 5.75 Å². The van der Waals surface area contributed by atoms with Crippen molar-refractivity contribution in [3.8, 4) is 5.75 Å². The topological polar surface area (TPSA) is 86.6 Å². The van der Waals surface area contributed by atoms with Crippen LogP contribution in [0.3, 0.4) is 0 Å². The monoisotopic (exact) mass is 303 g/mol. The van der Waals surface area contributed by atoms with Crippen LogP contribution in [-0.2, 0) is 4.79 Å². The van der Waals surface area contributed by atoms with Crippen LogP contribution in [0.1, 0.15) is 30.1 Å². The van der Waals surface area contributed by atoms with Gasteiger partial charge in [-0.25, -0.2) is 13.6 Å². The lowest BCUT2D eigenvalue weighted by Crippen LogP contribution is -2.54. The first-order chi connectivity index (χ1) is 9.68. The molecule has 0 bridgehead atoms. The van der Waals surface area contributed by atoms with E-state index in [0.29, 0.717) is 12.8 Å².